The van der Waals surface area contributed by atoms with Gasteiger partial charge in [0.2, 0.25) is 5.91 Å². The van der Waals surface area contributed by atoms with Crippen molar-refractivity contribution in [3.63, 3.8) is 0 Å². The number of carbonyl (C=O) groups excluding carboxylic acids is 2. The first-order chi connectivity index (χ1) is 17.6. The molecule has 1 N–H and O–H groups in total. The van der Waals surface area contributed by atoms with Crippen molar-refractivity contribution in [2.45, 2.75) is 77.6 Å². The standard InChI is InChI=1S/C31H43N3O2/c1-2-3-4-5-8-26-11-14-27(15-12-26)31(36)32-28-16-18-29(19-17-28)33-21-23-34(24-22-33)30(35)20-13-25-9-6-7-10-25/h11-12,14-19,25H,2-10,13,20-24H2,1H3,(H,32,36). The molecule has 2 amide bonds. The second kappa shape index (κ2) is 13.5. The van der Waals surface area contributed by atoms with E-state index in [1.165, 1.54) is 56.9 Å². The van der Waals surface area contributed by atoms with E-state index in [1.54, 1.807) is 0 Å². The molecule has 0 unspecified atom stereocenters. The van der Waals surface area contributed by atoms with Crippen LogP contribution in [0.15, 0.2) is 48.5 Å². The Hall–Kier alpha value is -2.82. The topological polar surface area (TPSA) is 52.7 Å². The molecule has 1 aliphatic heterocycles. The van der Waals surface area contributed by atoms with E-state index in [9.17, 15) is 9.59 Å². The fourth-order valence-corrected chi connectivity index (χ4v) is 5.54. The summed E-state index contributed by atoms with van der Waals surface area (Å²) in [7, 11) is 0. The van der Waals surface area contributed by atoms with Gasteiger partial charge in [0.25, 0.3) is 5.91 Å². The Kier molecular flexibility index (Phi) is 9.83. The van der Waals surface area contributed by atoms with Gasteiger partial charge in [-0.2, -0.15) is 0 Å². The predicted molar refractivity (Wildman–Crippen MR) is 149 cm³/mol. The van der Waals surface area contributed by atoms with Crippen LogP contribution in [0.5, 0.6) is 0 Å². The average molecular weight is 490 g/mol. The number of hydrogen-bond donors (Lipinski definition) is 1. The minimum atomic E-state index is -0.0787. The Bertz CT molecular complexity index is 956. The van der Waals surface area contributed by atoms with Crippen LogP contribution in [0.2, 0.25) is 0 Å². The van der Waals surface area contributed by atoms with E-state index in [2.05, 4.69) is 41.4 Å². The number of nitrogens with zero attached hydrogens (tertiary/aromatic N) is 2. The molecule has 0 bridgehead atoms. The number of anilines is 2. The van der Waals surface area contributed by atoms with Gasteiger partial charge in [0.05, 0.1) is 0 Å². The summed E-state index contributed by atoms with van der Waals surface area (Å²) in [6.07, 6.45) is 13.2. The first-order valence-corrected chi connectivity index (χ1v) is 14.2. The highest BCUT2D eigenvalue weighted by Crippen LogP contribution is 2.29. The highest BCUT2D eigenvalue weighted by Gasteiger charge is 2.23. The Balaban J connectivity index is 1.20. The predicted octanol–water partition coefficient (Wildman–Crippen LogP) is 6.68. The number of carbonyl (C=O) groups is 2. The van der Waals surface area contributed by atoms with Gasteiger partial charge in [0.1, 0.15) is 0 Å². The minimum Gasteiger partial charge on any atom is -0.368 e. The van der Waals surface area contributed by atoms with E-state index >= 15 is 0 Å². The van der Waals surface area contributed by atoms with Gasteiger partial charge < -0.3 is 15.1 Å². The second-order valence-corrected chi connectivity index (χ2v) is 10.6. The van der Waals surface area contributed by atoms with Gasteiger partial charge in [-0.3, -0.25) is 9.59 Å². The van der Waals surface area contributed by atoms with Crippen LogP contribution in [-0.2, 0) is 11.2 Å². The lowest BCUT2D eigenvalue weighted by Crippen LogP contribution is -2.48. The summed E-state index contributed by atoms with van der Waals surface area (Å²) in [4.78, 5) is 29.7. The molecule has 2 aromatic carbocycles. The summed E-state index contributed by atoms with van der Waals surface area (Å²) >= 11 is 0. The summed E-state index contributed by atoms with van der Waals surface area (Å²) < 4.78 is 0. The van der Waals surface area contributed by atoms with E-state index in [0.29, 0.717) is 17.9 Å². The van der Waals surface area contributed by atoms with Crippen LogP contribution in [-0.4, -0.2) is 42.9 Å². The van der Waals surface area contributed by atoms with Gasteiger partial charge in [0.15, 0.2) is 0 Å². The lowest BCUT2D eigenvalue weighted by Gasteiger charge is -2.36. The van der Waals surface area contributed by atoms with E-state index in [-0.39, 0.29) is 5.91 Å². The zero-order valence-electron chi connectivity index (χ0n) is 22.0. The number of piperazine rings is 1. The first-order valence-electron chi connectivity index (χ1n) is 14.2. The second-order valence-electron chi connectivity index (χ2n) is 10.6. The number of hydrogen-bond acceptors (Lipinski definition) is 3. The fraction of sp³-hybridized carbons (Fsp3) is 0.548. The van der Waals surface area contributed by atoms with Gasteiger partial charge in [-0.05, 0) is 67.1 Å². The van der Waals surface area contributed by atoms with Crippen LogP contribution in [0.3, 0.4) is 0 Å². The van der Waals surface area contributed by atoms with Crippen molar-refractivity contribution in [3.8, 4) is 0 Å². The smallest absolute Gasteiger partial charge is 0.255 e. The van der Waals surface area contributed by atoms with Crippen molar-refractivity contribution in [1.82, 2.24) is 4.90 Å². The molecule has 2 aliphatic rings. The van der Waals surface area contributed by atoms with Crippen LogP contribution < -0.4 is 10.2 Å². The summed E-state index contributed by atoms with van der Waals surface area (Å²) in [6.45, 7) is 5.51. The minimum absolute atomic E-state index is 0.0787. The van der Waals surface area contributed by atoms with Crippen LogP contribution in [0.1, 0.15) is 87.1 Å². The summed E-state index contributed by atoms with van der Waals surface area (Å²) in [6, 6.07) is 16.1. The number of amides is 2. The maximum atomic E-state index is 12.7. The molecule has 1 saturated heterocycles. The van der Waals surface area contributed by atoms with Gasteiger partial charge in [-0.1, -0.05) is 64.0 Å². The molecule has 5 heteroatoms. The Morgan fingerprint density at radius 2 is 1.56 bits per heavy atom. The highest BCUT2D eigenvalue weighted by molar-refractivity contribution is 6.04. The zero-order chi connectivity index (χ0) is 25.2. The van der Waals surface area contributed by atoms with Crippen LogP contribution >= 0.6 is 0 Å². The summed E-state index contributed by atoms with van der Waals surface area (Å²) in [5.41, 5.74) is 3.92. The summed E-state index contributed by atoms with van der Waals surface area (Å²) in [5, 5.41) is 3.02. The normalized spacial score (nSPS) is 16.4. The van der Waals surface area contributed by atoms with Gasteiger partial charge in [0, 0.05) is 49.5 Å². The van der Waals surface area contributed by atoms with E-state index in [4.69, 9.17) is 0 Å². The van der Waals surface area contributed by atoms with Crippen molar-refractivity contribution in [1.29, 1.82) is 0 Å². The number of rotatable bonds is 11. The molecule has 5 nitrogen and oxygen atoms in total. The quantitative estimate of drug-likeness (QED) is 0.358. The number of unbranched alkanes of at least 4 members (excludes halogenated alkanes) is 3. The van der Waals surface area contributed by atoms with Gasteiger partial charge in [-0.15, -0.1) is 0 Å². The SMILES string of the molecule is CCCCCCc1ccc(C(=O)Nc2ccc(N3CCN(C(=O)CCC4CCCC4)CC3)cc2)cc1. The molecule has 1 heterocycles. The average Bonchev–Trinajstić information content (AvgIpc) is 3.44. The Morgan fingerprint density at radius 3 is 2.22 bits per heavy atom. The van der Waals surface area contributed by atoms with E-state index in [1.807, 2.05) is 29.2 Å². The van der Waals surface area contributed by atoms with Gasteiger partial charge >= 0.3 is 0 Å². The van der Waals surface area contributed by atoms with Gasteiger partial charge in [-0.25, -0.2) is 0 Å². The number of nitrogens with one attached hydrogen (secondary N) is 1. The molecule has 194 valence electrons. The molecule has 36 heavy (non-hydrogen) atoms. The Morgan fingerprint density at radius 1 is 0.861 bits per heavy atom. The monoisotopic (exact) mass is 489 g/mol. The molecule has 2 fully saturated rings. The fourth-order valence-electron chi connectivity index (χ4n) is 5.54. The summed E-state index contributed by atoms with van der Waals surface area (Å²) in [5.74, 6) is 1.02. The van der Waals surface area contributed by atoms with Crippen molar-refractivity contribution in [2.24, 2.45) is 5.92 Å². The van der Waals surface area contributed by atoms with Crippen LogP contribution in [0.25, 0.3) is 0 Å². The molecule has 2 aromatic rings. The van der Waals surface area contributed by atoms with Crippen LogP contribution in [0.4, 0.5) is 11.4 Å². The molecule has 0 atom stereocenters. The maximum absolute atomic E-state index is 12.7. The van der Waals surface area contributed by atoms with Crippen molar-refractivity contribution >= 4 is 23.2 Å². The molecular weight excluding hydrogens is 446 g/mol. The number of aryl methyl sites for hydroxylation is 1. The molecule has 1 saturated carbocycles. The van der Waals surface area contributed by atoms with E-state index in [0.717, 1.165) is 56.3 Å². The third kappa shape index (κ3) is 7.59. The van der Waals surface area contributed by atoms with Crippen molar-refractivity contribution in [3.05, 3.63) is 59.7 Å². The largest absolute Gasteiger partial charge is 0.368 e. The highest BCUT2D eigenvalue weighted by atomic mass is 16.2. The molecule has 4 rings (SSSR count). The Labute approximate surface area is 217 Å². The first kappa shape index (κ1) is 26.2. The third-order valence-electron chi connectivity index (χ3n) is 7.90. The molecule has 0 spiro atoms. The third-order valence-corrected chi connectivity index (χ3v) is 7.90. The number of benzene rings is 2. The van der Waals surface area contributed by atoms with Crippen molar-refractivity contribution < 1.29 is 9.59 Å². The molecule has 0 aromatic heterocycles. The molecule has 0 radical (unpaired) electrons. The molecule has 1 aliphatic carbocycles. The lowest BCUT2D eigenvalue weighted by molar-refractivity contribution is -0.131. The molecular formula is C31H43N3O2. The van der Waals surface area contributed by atoms with Crippen LogP contribution in [0, 0.1) is 5.92 Å². The maximum Gasteiger partial charge on any atom is 0.255 e. The van der Waals surface area contributed by atoms with E-state index < -0.39 is 0 Å². The lowest BCUT2D eigenvalue weighted by atomic mass is 10.0. The zero-order valence-corrected chi connectivity index (χ0v) is 22.0. The van der Waals surface area contributed by atoms with Crippen molar-refractivity contribution in [2.75, 3.05) is 36.4 Å².